The minimum absolute atomic E-state index is 0.0166. The Labute approximate surface area is 134 Å². The molecule has 1 unspecified atom stereocenters. The van der Waals surface area contributed by atoms with E-state index in [1.54, 1.807) is 0 Å². The maximum absolute atomic E-state index is 10.7. The van der Waals surface area contributed by atoms with Crippen molar-refractivity contribution in [2.75, 3.05) is 5.88 Å². The summed E-state index contributed by atoms with van der Waals surface area (Å²) in [5.41, 5.74) is 1.66. The van der Waals surface area contributed by atoms with E-state index in [0.29, 0.717) is 5.56 Å². The van der Waals surface area contributed by atoms with E-state index in [-0.39, 0.29) is 12.3 Å². The van der Waals surface area contributed by atoms with Crippen LogP contribution < -0.4 is 0 Å². The van der Waals surface area contributed by atoms with Gasteiger partial charge in [-0.1, -0.05) is 66.8 Å². The molecule has 0 spiro atoms. The molecule has 0 aliphatic heterocycles. The van der Waals surface area contributed by atoms with Crippen molar-refractivity contribution in [3.8, 4) is 0 Å². The maximum atomic E-state index is 10.7. The molecule has 0 saturated carbocycles. The highest BCUT2D eigenvalue weighted by Crippen LogP contribution is 2.41. The third-order valence-electron chi connectivity index (χ3n) is 3.12. The van der Waals surface area contributed by atoms with E-state index in [4.69, 9.17) is 46.4 Å². The Morgan fingerprint density at radius 1 is 1.00 bits per heavy atom. The lowest BCUT2D eigenvalue weighted by Crippen LogP contribution is -2.33. The molecule has 1 aromatic carbocycles. The molecule has 0 fully saturated rings. The van der Waals surface area contributed by atoms with Crippen molar-refractivity contribution in [1.29, 1.82) is 0 Å². The first-order valence-electron chi connectivity index (χ1n) is 6.22. The zero-order valence-corrected chi connectivity index (χ0v) is 14.0. The molecule has 1 nitrogen and oxygen atoms in total. The standard InChI is InChI=1S/C14H18Cl4O/c1-3-10-5-11(4-2)7-12(6-10)13(19,9-15)8-14(16,17)18/h5-7,19H,3-4,8-9H2,1-2H3. The van der Waals surface area contributed by atoms with E-state index >= 15 is 0 Å². The van der Waals surface area contributed by atoms with Crippen LogP contribution in [-0.2, 0) is 18.4 Å². The van der Waals surface area contributed by atoms with Crippen molar-refractivity contribution in [2.45, 2.75) is 42.5 Å². The number of aryl methyl sites for hydroxylation is 2. The molecule has 1 rings (SSSR count). The number of alkyl halides is 4. The van der Waals surface area contributed by atoms with Crippen molar-refractivity contribution < 1.29 is 5.11 Å². The molecule has 0 heterocycles. The molecule has 108 valence electrons. The Bertz CT molecular complexity index is 406. The van der Waals surface area contributed by atoms with Crippen LogP contribution in [0, 0.1) is 0 Å². The van der Waals surface area contributed by atoms with Gasteiger partial charge in [-0.2, -0.15) is 0 Å². The van der Waals surface area contributed by atoms with Gasteiger partial charge in [-0.05, 0) is 29.5 Å². The summed E-state index contributed by atoms with van der Waals surface area (Å²) in [5, 5.41) is 10.7. The van der Waals surface area contributed by atoms with Crippen molar-refractivity contribution in [3.05, 3.63) is 34.9 Å². The molecular weight excluding hydrogens is 326 g/mol. The lowest BCUT2D eigenvalue weighted by atomic mass is 9.89. The number of hydrogen-bond donors (Lipinski definition) is 1. The van der Waals surface area contributed by atoms with Crippen LogP contribution in [0.4, 0.5) is 0 Å². The van der Waals surface area contributed by atoms with Crippen LogP contribution in [0.3, 0.4) is 0 Å². The highest BCUT2D eigenvalue weighted by Gasteiger charge is 2.37. The summed E-state index contributed by atoms with van der Waals surface area (Å²) in [6.45, 7) is 4.13. The topological polar surface area (TPSA) is 20.2 Å². The minimum Gasteiger partial charge on any atom is -0.384 e. The zero-order valence-electron chi connectivity index (χ0n) is 11.0. The molecule has 0 aliphatic rings. The predicted molar refractivity (Wildman–Crippen MR) is 84.7 cm³/mol. The predicted octanol–water partition coefficient (Wildman–Crippen LogP) is 5.00. The van der Waals surface area contributed by atoms with Crippen LogP contribution >= 0.6 is 46.4 Å². The summed E-state index contributed by atoms with van der Waals surface area (Å²) >= 11 is 23.3. The SMILES string of the molecule is CCc1cc(CC)cc(C(O)(CCl)CC(Cl)(Cl)Cl)c1. The first-order chi connectivity index (χ1) is 8.74. The minimum atomic E-state index is -1.54. The Balaban J connectivity index is 3.23. The number of halogens is 4. The number of benzene rings is 1. The molecule has 0 radical (unpaired) electrons. The fraction of sp³-hybridized carbons (Fsp3) is 0.571. The van der Waals surface area contributed by atoms with Gasteiger partial charge in [0.2, 0.25) is 0 Å². The van der Waals surface area contributed by atoms with Crippen LogP contribution in [0.15, 0.2) is 18.2 Å². The Kier molecular flexibility index (Phi) is 6.28. The Hall–Kier alpha value is 0.340. The molecule has 1 N–H and O–H groups in total. The second-order valence-electron chi connectivity index (χ2n) is 4.70. The lowest BCUT2D eigenvalue weighted by Gasteiger charge is -2.30. The fourth-order valence-electron chi connectivity index (χ4n) is 2.00. The molecule has 0 bridgehead atoms. The van der Waals surface area contributed by atoms with Gasteiger partial charge in [-0.3, -0.25) is 0 Å². The summed E-state index contributed by atoms with van der Waals surface area (Å²) in [4.78, 5) is 0. The highest BCUT2D eigenvalue weighted by molar-refractivity contribution is 6.67. The normalized spacial score (nSPS) is 15.3. The first-order valence-corrected chi connectivity index (χ1v) is 7.89. The first kappa shape index (κ1) is 17.4. The van der Waals surface area contributed by atoms with Crippen LogP contribution in [0.1, 0.15) is 37.0 Å². The fourth-order valence-corrected chi connectivity index (χ4v) is 2.91. The van der Waals surface area contributed by atoms with Crippen molar-refractivity contribution in [1.82, 2.24) is 0 Å². The average molecular weight is 344 g/mol. The lowest BCUT2D eigenvalue weighted by molar-refractivity contribution is 0.0527. The second-order valence-corrected chi connectivity index (χ2v) is 7.49. The monoisotopic (exact) mass is 342 g/mol. The summed E-state index contributed by atoms with van der Waals surface area (Å²) in [6, 6.07) is 5.98. The molecule has 1 aromatic rings. The van der Waals surface area contributed by atoms with E-state index in [2.05, 4.69) is 19.9 Å². The van der Waals surface area contributed by atoms with Gasteiger partial charge in [0.25, 0.3) is 0 Å². The quantitative estimate of drug-likeness (QED) is 0.746. The number of hydrogen-bond acceptors (Lipinski definition) is 1. The maximum Gasteiger partial charge on any atom is 0.193 e. The van der Waals surface area contributed by atoms with Crippen molar-refractivity contribution in [3.63, 3.8) is 0 Å². The van der Waals surface area contributed by atoms with Gasteiger partial charge in [0.15, 0.2) is 3.79 Å². The zero-order chi connectivity index (χ0) is 14.7. The van der Waals surface area contributed by atoms with E-state index in [0.717, 1.165) is 24.0 Å². The molecular formula is C14H18Cl4O. The van der Waals surface area contributed by atoms with Gasteiger partial charge in [-0.25, -0.2) is 0 Å². The molecule has 1 atom stereocenters. The number of rotatable bonds is 5. The Morgan fingerprint density at radius 2 is 1.47 bits per heavy atom. The van der Waals surface area contributed by atoms with Crippen molar-refractivity contribution >= 4 is 46.4 Å². The molecule has 19 heavy (non-hydrogen) atoms. The van der Waals surface area contributed by atoms with Crippen LogP contribution in [0.25, 0.3) is 0 Å². The van der Waals surface area contributed by atoms with Gasteiger partial charge in [0, 0.05) is 6.42 Å². The van der Waals surface area contributed by atoms with Gasteiger partial charge in [-0.15, -0.1) is 11.6 Å². The molecule has 0 aromatic heterocycles. The third-order valence-corrected chi connectivity index (χ3v) is 3.96. The highest BCUT2D eigenvalue weighted by atomic mass is 35.6. The molecule has 0 aliphatic carbocycles. The van der Waals surface area contributed by atoms with E-state index < -0.39 is 9.39 Å². The van der Waals surface area contributed by atoms with Crippen molar-refractivity contribution in [2.24, 2.45) is 0 Å². The van der Waals surface area contributed by atoms with E-state index in [1.807, 2.05) is 12.1 Å². The van der Waals surface area contributed by atoms with E-state index in [9.17, 15) is 5.11 Å². The summed E-state index contributed by atoms with van der Waals surface area (Å²) in [7, 11) is 0. The largest absolute Gasteiger partial charge is 0.384 e. The average Bonchev–Trinajstić information content (AvgIpc) is 2.35. The van der Waals surface area contributed by atoms with Gasteiger partial charge < -0.3 is 5.11 Å². The van der Waals surface area contributed by atoms with Crippen LogP contribution in [0.2, 0.25) is 0 Å². The van der Waals surface area contributed by atoms with E-state index in [1.165, 1.54) is 0 Å². The van der Waals surface area contributed by atoms with Crippen LogP contribution in [0.5, 0.6) is 0 Å². The summed E-state index contributed by atoms with van der Waals surface area (Å²) < 4.78 is -1.54. The van der Waals surface area contributed by atoms with Crippen LogP contribution in [-0.4, -0.2) is 14.8 Å². The van der Waals surface area contributed by atoms with Gasteiger partial charge >= 0.3 is 0 Å². The summed E-state index contributed by atoms with van der Waals surface area (Å²) in [5.74, 6) is -0.0166. The molecule has 0 saturated heterocycles. The third kappa shape index (κ3) is 4.99. The molecule has 0 amide bonds. The van der Waals surface area contributed by atoms with Gasteiger partial charge in [0.1, 0.15) is 5.60 Å². The van der Waals surface area contributed by atoms with Gasteiger partial charge in [0.05, 0.1) is 5.88 Å². The summed E-state index contributed by atoms with van der Waals surface area (Å²) in [6.07, 6.45) is 1.73. The Morgan fingerprint density at radius 3 is 1.79 bits per heavy atom. The smallest absolute Gasteiger partial charge is 0.193 e. The molecule has 5 heteroatoms. The second kappa shape index (κ2) is 6.87. The number of aliphatic hydroxyl groups is 1.